The summed E-state index contributed by atoms with van der Waals surface area (Å²) in [5.41, 5.74) is 2.07. The highest BCUT2D eigenvalue weighted by atomic mass is 16.5. The Morgan fingerprint density at radius 2 is 1.72 bits per heavy atom. The molecule has 0 unspecified atom stereocenters. The van der Waals surface area contributed by atoms with Crippen LogP contribution in [0.2, 0.25) is 0 Å². The van der Waals surface area contributed by atoms with Crippen LogP contribution >= 0.6 is 0 Å². The van der Waals surface area contributed by atoms with E-state index in [4.69, 9.17) is 4.74 Å². The van der Waals surface area contributed by atoms with Crippen LogP contribution in [0.15, 0.2) is 66.2 Å². The average Bonchev–Trinajstić information content (AvgIpc) is 2.74. The molecule has 0 atom stereocenters. The Labute approximate surface area is 172 Å². The van der Waals surface area contributed by atoms with E-state index in [9.17, 15) is 9.59 Å². The van der Waals surface area contributed by atoms with Gasteiger partial charge in [-0.25, -0.2) is 0 Å². The topological polar surface area (TPSA) is 58.6 Å². The summed E-state index contributed by atoms with van der Waals surface area (Å²) in [4.78, 5) is 25.9. The fourth-order valence-corrected chi connectivity index (χ4v) is 3.36. The first-order chi connectivity index (χ1) is 14.1. The molecule has 0 saturated carbocycles. The molecule has 0 saturated heterocycles. The van der Waals surface area contributed by atoms with Crippen molar-refractivity contribution in [3.63, 3.8) is 0 Å². The number of benzene rings is 2. The van der Waals surface area contributed by atoms with E-state index in [-0.39, 0.29) is 18.4 Å². The van der Waals surface area contributed by atoms with Crippen LogP contribution in [0.4, 0.5) is 5.69 Å². The van der Waals surface area contributed by atoms with Crippen molar-refractivity contribution < 1.29 is 14.3 Å². The minimum Gasteiger partial charge on any atom is -0.457 e. The first-order valence-electron chi connectivity index (χ1n) is 10.2. The molecule has 2 aromatic rings. The van der Waals surface area contributed by atoms with E-state index in [0.29, 0.717) is 18.0 Å². The standard InChI is InChI=1S/C24H28N2O3/c1-19(27)26(17-16-20-8-4-2-5-9-20)18-24(28)25-21-12-14-23(15-13-21)29-22-10-6-3-7-11-22/h3,6-8,10-15H,2,4-5,9,16-18H2,1H3,(H,25,28). The van der Waals surface area contributed by atoms with Gasteiger partial charge in [0.15, 0.2) is 0 Å². The van der Waals surface area contributed by atoms with Crippen LogP contribution in [0, 0.1) is 0 Å². The third kappa shape index (κ3) is 6.79. The largest absolute Gasteiger partial charge is 0.457 e. The van der Waals surface area contributed by atoms with E-state index in [1.54, 1.807) is 29.2 Å². The lowest BCUT2D eigenvalue weighted by Gasteiger charge is -2.22. The van der Waals surface area contributed by atoms with E-state index in [2.05, 4.69) is 11.4 Å². The van der Waals surface area contributed by atoms with Gasteiger partial charge in [0.2, 0.25) is 11.8 Å². The number of carbonyl (C=O) groups is 2. The molecule has 152 valence electrons. The molecule has 3 rings (SSSR count). The Morgan fingerprint density at radius 1 is 1.00 bits per heavy atom. The molecular formula is C24H28N2O3. The number of amides is 2. The Bertz CT molecular complexity index is 844. The molecule has 0 bridgehead atoms. The van der Waals surface area contributed by atoms with Gasteiger partial charge in [0.1, 0.15) is 11.5 Å². The molecule has 2 aromatic carbocycles. The normalized spacial score (nSPS) is 13.3. The number of ether oxygens (including phenoxy) is 1. The minimum atomic E-state index is -0.199. The second kappa shape index (κ2) is 10.5. The molecule has 5 heteroatoms. The summed E-state index contributed by atoms with van der Waals surface area (Å²) in [5.74, 6) is 1.17. The predicted octanol–water partition coefficient (Wildman–Crippen LogP) is 5.16. The highest BCUT2D eigenvalue weighted by Gasteiger charge is 2.15. The van der Waals surface area contributed by atoms with Gasteiger partial charge >= 0.3 is 0 Å². The number of hydrogen-bond acceptors (Lipinski definition) is 3. The predicted molar refractivity (Wildman–Crippen MR) is 115 cm³/mol. The van der Waals surface area contributed by atoms with Crippen molar-refractivity contribution in [2.45, 2.75) is 39.0 Å². The molecular weight excluding hydrogens is 364 g/mol. The number of rotatable bonds is 8. The maximum absolute atomic E-state index is 12.4. The monoisotopic (exact) mass is 392 g/mol. The Hall–Kier alpha value is -3.08. The van der Waals surface area contributed by atoms with Gasteiger partial charge in [0.05, 0.1) is 6.54 Å². The van der Waals surface area contributed by atoms with Crippen molar-refractivity contribution in [1.29, 1.82) is 0 Å². The van der Waals surface area contributed by atoms with Gasteiger partial charge in [-0.1, -0.05) is 29.8 Å². The number of hydrogen-bond donors (Lipinski definition) is 1. The summed E-state index contributed by atoms with van der Waals surface area (Å²) in [6, 6.07) is 16.7. The van der Waals surface area contributed by atoms with Crippen LogP contribution < -0.4 is 10.1 Å². The van der Waals surface area contributed by atoms with Crippen LogP contribution in [-0.4, -0.2) is 29.8 Å². The van der Waals surface area contributed by atoms with Crippen molar-refractivity contribution in [2.24, 2.45) is 0 Å². The third-order valence-electron chi connectivity index (χ3n) is 4.98. The lowest BCUT2D eigenvalue weighted by molar-refractivity contribution is -0.132. The average molecular weight is 392 g/mol. The van der Waals surface area contributed by atoms with E-state index in [1.165, 1.54) is 25.3 Å². The lowest BCUT2D eigenvalue weighted by Crippen LogP contribution is -2.37. The highest BCUT2D eigenvalue weighted by molar-refractivity contribution is 5.94. The van der Waals surface area contributed by atoms with Crippen LogP contribution in [0.3, 0.4) is 0 Å². The van der Waals surface area contributed by atoms with Crippen molar-refractivity contribution in [3.8, 4) is 11.5 Å². The molecule has 0 spiro atoms. The smallest absolute Gasteiger partial charge is 0.243 e. The summed E-state index contributed by atoms with van der Waals surface area (Å²) < 4.78 is 5.75. The second-order valence-electron chi connectivity index (χ2n) is 7.29. The van der Waals surface area contributed by atoms with Gasteiger partial charge in [-0.2, -0.15) is 0 Å². The van der Waals surface area contributed by atoms with Crippen LogP contribution in [0.5, 0.6) is 11.5 Å². The van der Waals surface area contributed by atoms with Crippen molar-refractivity contribution >= 4 is 17.5 Å². The van der Waals surface area contributed by atoms with Gasteiger partial charge in [0, 0.05) is 19.2 Å². The summed E-state index contributed by atoms with van der Waals surface area (Å²) in [7, 11) is 0. The van der Waals surface area contributed by atoms with Crippen molar-refractivity contribution in [1.82, 2.24) is 4.90 Å². The quantitative estimate of drug-likeness (QED) is 0.632. The number of nitrogens with zero attached hydrogens (tertiary/aromatic N) is 1. The van der Waals surface area contributed by atoms with Crippen LogP contribution in [-0.2, 0) is 9.59 Å². The number of carbonyl (C=O) groups excluding carboxylic acids is 2. The van der Waals surface area contributed by atoms with Gasteiger partial charge in [-0.15, -0.1) is 0 Å². The van der Waals surface area contributed by atoms with E-state index >= 15 is 0 Å². The van der Waals surface area contributed by atoms with Gasteiger partial charge in [-0.3, -0.25) is 9.59 Å². The first-order valence-corrected chi connectivity index (χ1v) is 10.2. The molecule has 0 aliphatic heterocycles. The van der Waals surface area contributed by atoms with E-state index in [0.717, 1.165) is 25.0 Å². The summed E-state index contributed by atoms with van der Waals surface area (Å²) in [6.07, 6.45) is 7.82. The second-order valence-corrected chi connectivity index (χ2v) is 7.29. The molecule has 0 heterocycles. The maximum Gasteiger partial charge on any atom is 0.243 e. The summed E-state index contributed by atoms with van der Waals surface area (Å²) in [6.45, 7) is 2.15. The van der Waals surface area contributed by atoms with E-state index < -0.39 is 0 Å². The first kappa shape index (κ1) is 20.6. The van der Waals surface area contributed by atoms with Gasteiger partial charge in [-0.05, 0) is 68.5 Å². The molecule has 2 amide bonds. The highest BCUT2D eigenvalue weighted by Crippen LogP contribution is 2.23. The number of anilines is 1. The summed E-state index contributed by atoms with van der Waals surface area (Å²) >= 11 is 0. The molecule has 29 heavy (non-hydrogen) atoms. The molecule has 1 N–H and O–H groups in total. The number of para-hydroxylation sites is 1. The third-order valence-corrected chi connectivity index (χ3v) is 4.98. The van der Waals surface area contributed by atoms with Gasteiger partial charge < -0.3 is 15.0 Å². The molecule has 1 aliphatic carbocycles. The Morgan fingerprint density at radius 3 is 2.38 bits per heavy atom. The molecule has 0 fully saturated rings. The zero-order chi connectivity index (χ0) is 20.5. The lowest BCUT2D eigenvalue weighted by atomic mass is 9.97. The molecule has 1 aliphatic rings. The molecule has 0 aromatic heterocycles. The van der Waals surface area contributed by atoms with Crippen LogP contribution in [0.1, 0.15) is 39.0 Å². The molecule has 5 nitrogen and oxygen atoms in total. The van der Waals surface area contributed by atoms with Crippen molar-refractivity contribution in [2.75, 3.05) is 18.4 Å². The van der Waals surface area contributed by atoms with Gasteiger partial charge in [0.25, 0.3) is 0 Å². The fourth-order valence-electron chi connectivity index (χ4n) is 3.36. The molecule has 0 radical (unpaired) electrons. The SMILES string of the molecule is CC(=O)N(CCC1=CCCCC1)CC(=O)Nc1ccc(Oc2ccccc2)cc1. The van der Waals surface area contributed by atoms with Crippen molar-refractivity contribution in [3.05, 3.63) is 66.2 Å². The Kier molecular flexibility index (Phi) is 7.45. The Balaban J connectivity index is 1.50. The number of allylic oxidation sites excluding steroid dienone is 1. The van der Waals surface area contributed by atoms with Crippen LogP contribution in [0.25, 0.3) is 0 Å². The zero-order valence-electron chi connectivity index (χ0n) is 16.9. The number of nitrogens with one attached hydrogen (secondary N) is 1. The minimum absolute atomic E-state index is 0.0604. The van der Waals surface area contributed by atoms with E-state index in [1.807, 2.05) is 30.3 Å². The fraction of sp³-hybridized carbons (Fsp3) is 0.333. The summed E-state index contributed by atoms with van der Waals surface area (Å²) in [5, 5.41) is 2.85. The maximum atomic E-state index is 12.4. The zero-order valence-corrected chi connectivity index (χ0v) is 16.9.